The number of nitrogens with one attached hydrogen (secondary N) is 1. The molecule has 0 fully saturated rings. The van der Waals surface area contributed by atoms with Crippen LogP contribution < -0.4 is 5.32 Å². The fourth-order valence-electron chi connectivity index (χ4n) is 1.60. The standard InChI is InChI=1S/C13H21NS/c1-10-5-6-13(12(3)7-10)15-9-11(2)8-14-4/h5-7,11,14H,8-9H2,1-4H3. The minimum Gasteiger partial charge on any atom is -0.319 e. The van der Waals surface area contributed by atoms with Crippen LogP contribution in [-0.2, 0) is 0 Å². The molecule has 0 spiro atoms. The van der Waals surface area contributed by atoms with Crippen LogP contribution in [0.25, 0.3) is 0 Å². The summed E-state index contributed by atoms with van der Waals surface area (Å²) in [6.07, 6.45) is 0. The predicted molar refractivity (Wildman–Crippen MR) is 69.7 cm³/mol. The fourth-order valence-corrected chi connectivity index (χ4v) is 2.63. The molecule has 15 heavy (non-hydrogen) atoms. The van der Waals surface area contributed by atoms with Crippen LogP contribution in [0.15, 0.2) is 23.1 Å². The lowest BCUT2D eigenvalue weighted by molar-refractivity contribution is 0.603. The van der Waals surface area contributed by atoms with Gasteiger partial charge < -0.3 is 5.32 Å². The van der Waals surface area contributed by atoms with Crippen molar-refractivity contribution in [3.05, 3.63) is 29.3 Å². The maximum Gasteiger partial charge on any atom is 0.0101 e. The zero-order chi connectivity index (χ0) is 11.3. The second-order valence-electron chi connectivity index (χ2n) is 4.24. The molecule has 0 bridgehead atoms. The minimum atomic E-state index is 0.723. The van der Waals surface area contributed by atoms with Gasteiger partial charge in [0.05, 0.1) is 0 Å². The van der Waals surface area contributed by atoms with Gasteiger partial charge >= 0.3 is 0 Å². The predicted octanol–water partition coefficient (Wildman–Crippen LogP) is 3.25. The van der Waals surface area contributed by atoms with Crippen molar-refractivity contribution < 1.29 is 0 Å². The van der Waals surface area contributed by atoms with Crippen LogP contribution in [0.1, 0.15) is 18.1 Å². The Labute approximate surface area is 97.7 Å². The second kappa shape index (κ2) is 6.19. The van der Waals surface area contributed by atoms with Gasteiger partial charge in [-0.15, -0.1) is 11.8 Å². The topological polar surface area (TPSA) is 12.0 Å². The van der Waals surface area contributed by atoms with Crippen molar-refractivity contribution in [3.8, 4) is 0 Å². The number of aryl methyl sites for hydroxylation is 2. The Kier molecular flexibility index (Phi) is 5.20. The largest absolute Gasteiger partial charge is 0.319 e. The molecule has 1 aromatic rings. The van der Waals surface area contributed by atoms with Gasteiger partial charge in [0.2, 0.25) is 0 Å². The van der Waals surface area contributed by atoms with Crippen LogP contribution in [-0.4, -0.2) is 19.3 Å². The monoisotopic (exact) mass is 223 g/mol. The first-order valence-electron chi connectivity index (χ1n) is 5.48. The molecule has 0 saturated heterocycles. The van der Waals surface area contributed by atoms with Gasteiger partial charge in [0.1, 0.15) is 0 Å². The molecule has 1 rings (SSSR count). The molecule has 1 nitrogen and oxygen atoms in total. The maximum atomic E-state index is 3.21. The van der Waals surface area contributed by atoms with E-state index in [2.05, 4.69) is 44.3 Å². The SMILES string of the molecule is CNCC(C)CSc1ccc(C)cc1C. The summed E-state index contributed by atoms with van der Waals surface area (Å²) >= 11 is 1.96. The molecule has 0 saturated carbocycles. The fraction of sp³-hybridized carbons (Fsp3) is 0.538. The third-order valence-corrected chi connectivity index (χ3v) is 3.91. The molecular weight excluding hydrogens is 202 g/mol. The first-order valence-corrected chi connectivity index (χ1v) is 6.46. The number of thioether (sulfide) groups is 1. The highest BCUT2D eigenvalue weighted by Gasteiger charge is 2.04. The van der Waals surface area contributed by atoms with Gasteiger partial charge in [0.15, 0.2) is 0 Å². The average Bonchev–Trinajstić information content (AvgIpc) is 2.17. The van der Waals surface area contributed by atoms with Crippen LogP contribution in [0.2, 0.25) is 0 Å². The van der Waals surface area contributed by atoms with E-state index in [-0.39, 0.29) is 0 Å². The Balaban J connectivity index is 2.50. The molecule has 0 aromatic heterocycles. The van der Waals surface area contributed by atoms with Crippen molar-refractivity contribution in [2.75, 3.05) is 19.3 Å². The van der Waals surface area contributed by atoms with Gasteiger partial charge in [-0.2, -0.15) is 0 Å². The van der Waals surface area contributed by atoms with E-state index in [1.54, 1.807) is 0 Å². The molecule has 1 atom stereocenters. The Morgan fingerprint density at radius 2 is 2.07 bits per heavy atom. The molecule has 0 aliphatic heterocycles. The van der Waals surface area contributed by atoms with E-state index < -0.39 is 0 Å². The summed E-state index contributed by atoms with van der Waals surface area (Å²) in [5.41, 5.74) is 2.75. The number of hydrogen-bond acceptors (Lipinski definition) is 2. The normalized spacial score (nSPS) is 12.8. The zero-order valence-electron chi connectivity index (χ0n) is 10.1. The number of hydrogen-bond donors (Lipinski definition) is 1. The summed E-state index contributed by atoms with van der Waals surface area (Å²) in [4.78, 5) is 1.42. The Bertz CT molecular complexity index is 309. The van der Waals surface area contributed by atoms with E-state index in [1.165, 1.54) is 21.8 Å². The summed E-state index contributed by atoms with van der Waals surface area (Å²) in [5.74, 6) is 1.91. The van der Waals surface area contributed by atoms with Crippen molar-refractivity contribution in [2.45, 2.75) is 25.7 Å². The molecule has 0 radical (unpaired) electrons. The highest BCUT2D eigenvalue weighted by atomic mass is 32.2. The van der Waals surface area contributed by atoms with Crippen molar-refractivity contribution in [2.24, 2.45) is 5.92 Å². The van der Waals surface area contributed by atoms with Crippen molar-refractivity contribution in [1.82, 2.24) is 5.32 Å². The summed E-state index contributed by atoms with van der Waals surface area (Å²) in [5, 5.41) is 3.21. The van der Waals surface area contributed by atoms with Gasteiger partial charge in [-0.05, 0) is 45.0 Å². The van der Waals surface area contributed by atoms with E-state index in [1.807, 2.05) is 18.8 Å². The molecule has 0 amide bonds. The van der Waals surface area contributed by atoms with Gasteiger partial charge in [-0.1, -0.05) is 24.6 Å². The summed E-state index contributed by atoms with van der Waals surface area (Å²) in [6.45, 7) is 7.72. The van der Waals surface area contributed by atoms with Crippen LogP contribution >= 0.6 is 11.8 Å². The Hall–Kier alpha value is -0.470. The lowest BCUT2D eigenvalue weighted by Crippen LogP contribution is -2.17. The first-order chi connectivity index (χ1) is 7.13. The molecule has 2 heteroatoms. The van der Waals surface area contributed by atoms with Gasteiger partial charge in [0.25, 0.3) is 0 Å². The summed E-state index contributed by atoms with van der Waals surface area (Å²) in [6, 6.07) is 6.69. The van der Waals surface area contributed by atoms with Crippen molar-refractivity contribution in [1.29, 1.82) is 0 Å². The van der Waals surface area contributed by atoms with Crippen LogP contribution in [0, 0.1) is 19.8 Å². The van der Waals surface area contributed by atoms with E-state index in [0.717, 1.165) is 12.5 Å². The smallest absolute Gasteiger partial charge is 0.0101 e. The second-order valence-corrected chi connectivity index (χ2v) is 5.30. The van der Waals surface area contributed by atoms with Crippen LogP contribution in [0.3, 0.4) is 0 Å². The molecule has 0 aliphatic rings. The highest BCUT2D eigenvalue weighted by Crippen LogP contribution is 2.24. The molecule has 0 heterocycles. The van der Waals surface area contributed by atoms with Crippen molar-refractivity contribution >= 4 is 11.8 Å². The van der Waals surface area contributed by atoms with E-state index >= 15 is 0 Å². The number of rotatable bonds is 5. The molecule has 84 valence electrons. The molecule has 0 aliphatic carbocycles. The maximum absolute atomic E-state index is 3.21. The quantitative estimate of drug-likeness (QED) is 0.769. The van der Waals surface area contributed by atoms with E-state index in [9.17, 15) is 0 Å². The van der Waals surface area contributed by atoms with Gasteiger partial charge in [0, 0.05) is 10.6 Å². The highest BCUT2D eigenvalue weighted by molar-refractivity contribution is 7.99. The molecule has 1 aromatic carbocycles. The molecule has 1 unspecified atom stereocenters. The van der Waals surface area contributed by atoms with Crippen molar-refractivity contribution in [3.63, 3.8) is 0 Å². The average molecular weight is 223 g/mol. The third-order valence-electron chi connectivity index (χ3n) is 2.41. The minimum absolute atomic E-state index is 0.723. The van der Waals surface area contributed by atoms with Gasteiger partial charge in [-0.25, -0.2) is 0 Å². The lowest BCUT2D eigenvalue weighted by Gasteiger charge is -2.11. The Morgan fingerprint density at radius 3 is 2.67 bits per heavy atom. The third kappa shape index (κ3) is 4.27. The van der Waals surface area contributed by atoms with E-state index in [0.29, 0.717) is 0 Å². The summed E-state index contributed by atoms with van der Waals surface area (Å²) in [7, 11) is 2.01. The number of benzene rings is 1. The van der Waals surface area contributed by atoms with E-state index in [4.69, 9.17) is 0 Å². The molecule has 1 N–H and O–H groups in total. The van der Waals surface area contributed by atoms with Crippen LogP contribution in [0.5, 0.6) is 0 Å². The first kappa shape index (κ1) is 12.6. The van der Waals surface area contributed by atoms with Gasteiger partial charge in [-0.3, -0.25) is 0 Å². The zero-order valence-corrected chi connectivity index (χ0v) is 10.9. The molecular formula is C13H21NS. The summed E-state index contributed by atoms with van der Waals surface area (Å²) < 4.78 is 0. The van der Waals surface area contributed by atoms with Crippen LogP contribution in [0.4, 0.5) is 0 Å². The lowest BCUT2D eigenvalue weighted by atomic mass is 10.2. The Morgan fingerprint density at radius 1 is 1.33 bits per heavy atom.